The summed E-state index contributed by atoms with van der Waals surface area (Å²) in [6.07, 6.45) is 9.61. The van der Waals surface area contributed by atoms with Crippen LogP contribution in [0.25, 0.3) is 16.7 Å². The standard InChI is InChI=1S/C18H17N/c1-3-5-9-15(4-2)18-14-17(12-13-19-18)16-10-7-6-8-11-16/h3-14H,1H2,2H3. The molecule has 0 spiro atoms. The summed E-state index contributed by atoms with van der Waals surface area (Å²) in [4.78, 5) is 4.44. The van der Waals surface area contributed by atoms with E-state index >= 15 is 0 Å². The summed E-state index contributed by atoms with van der Waals surface area (Å²) in [5.74, 6) is 0. The molecule has 94 valence electrons. The lowest BCUT2D eigenvalue weighted by Gasteiger charge is -2.05. The lowest BCUT2D eigenvalue weighted by molar-refractivity contribution is 1.28. The van der Waals surface area contributed by atoms with Crippen LogP contribution in [-0.2, 0) is 0 Å². The summed E-state index contributed by atoms with van der Waals surface area (Å²) in [5, 5.41) is 0. The van der Waals surface area contributed by atoms with Gasteiger partial charge in [-0.05, 0) is 35.8 Å². The van der Waals surface area contributed by atoms with Gasteiger partial charge >= 0.3 is 0 Å². The molecule has 0 aliphatic rings. The Kier molecular flexibility index (Phi) is 4.46. The van der Waals surface area contributed by atoms with Gasteiger partial charge in [0.2, 0.25) is 0 Å². The monoisotopic (exact) mass is 247 g/mol. The molecule has 0 fully saturated rings. The van der Waals surface area contributed by atoms with E-state index < -0.39 is 0 Å². The minimum absolute atomic E-state index is 0.974. The van der Waals surface area contributed by atoms with Gasteiger partial charge in [0.15, 0.2) is 0 Å². The second-order valence-corrected chi connectivity index (χ2v) is 4.13. The topological polar surface area (TPSA) is 12.9 Å². The van der Waals surface area contributed by atoms with Crippen molar-refractivity contribution in [2.75, 3.05) is 0 Å². The van der Waals surface area contributed by atoms with E-state index in [4.69, 9.17) is 0 Å². The summed E-state index contributed by atoms with van der Waals surface area (Å²) < 4.78 is 0. The second-order valence-electron chi connectivity index (χ2n) is 4.13. The highest BCUT2D eigenvalue weighted by atomic mass is 14.7. The number of hydrogen-bond acceptors (Lipinski definition) is 1. The van der Waals surface area contributed by atoms with Crippen LogP contribution in [0.5, 0.6) is 0 Å². The van der Waals surface area contributed by atoms with Crippen molar-refractivity contribution in [2.45, 2.75) is 6.92 Å². The average Bonchev–Trinajstić information content (AvgIpc) is 2.49. The van der Waals surface area contributed by atoms with Crippen LogP contribution in [-0.4, -0.2) is 4.98 Å². The van der Waals surface area contributed by atoms with E-state index in [-0.39, 0.29) is 0 Å². The van der Waals surface area contributed by atoms with Gasteiger partial charge in [0.1, 0.15) is 0 Å². The maximum atomic E-state index is 4.44. The van der Waals surface area contributed by atoms with Crippen LogP contribution in [0.4, 0.5) is 0 Å². The molecule has 1 heteroatoms. The lowest BCUT2D eigenvalue weighted by Crippen LogP contribution is -1.88. The SMILES string of the molecule is C=CC=CC(=CC)c1cc(-c2ccccc2)ccn1. The number of nitrogens with zero attached hydrogens (tertiary/aromatic N) is 1. The van der Waals surface area contributed by atoms with E-state index in [1.807, 2.05) is 49.5 Å². The Morgan fingerprint density at radius 3 is 2.58 bits per heavy atom. The number of benzene rings is 1. The zero-order chi connectivity index (χ0) is 13.5. The van der Waals surface area contributed by atoms with E-state index in [0.29, 0.717) is 0 Å². The van der Waals surface area contributed by atoms with Crippen molar-refractivity contribution >= 4 is 5.57 Å². The number of hydrogen-bond donors (Lipinski definition) is 0. The number of aromatic nitrogens is 1. The van der Waals surface area contributed by atoms with Crippen molar-refractivity contribution in [2.24, 2.45) is 0 Å². The molecule has 19 heavy (non-hydrogen) atoms. The average molecular weight is 247 g/mol. The Morgan fingerprint density at radius 2 is 1.89 bits per heavy atom. The molecule has 0 unspecified atom stereocenters. The van der Waals surface area contributed by atoms with E-state index in [0.717, 1.165) is 11.3 Å². The van der Waals surface area contributed by atoms with Gasteiger partial charge in [-0.1, -0.05) is 61.2 Å². The zero-order valence-corrected chi connectivity index (χ0v) is 11.1. The third-order valence-corrected chi connectivity index (χ3v) is 2.89. The number of allylic oxidation sites excluding steroid dienone is 5. The predicted molar refractivity (Wildman–Crippen MR) is 82.7 cm³/mol. The maximum absolute atomic E-state index is 4.44. The first-order valence-corrected chi connectivity index (χ1v) is 6.32. The molecule has 0 aliphatic carbocycles. The van der Waals surface area contributed by atoms with E-state index in [9.17, 15) is 0 Å². The van der Waals surface area contributed by atoms with Gasteiger partial charge in [0.05, 0.1) is 5.69 Å². The molecule has 2 rings (SSSR count). The molecule has 0 saturated heterocycles. The summed E-state index contributed by atoms with van der Waals surface area (Å²) in [6.45, 7) is 5.70. The fourth-order valence-electron chi connectivity index (χ4n) is 1.90. The van der Waals surface area contributed by atoms with Gasteiger partial charge < -0.3 is 0 Å². The second kappa shape index (κ2) is 6.50. The van der Waals surface area contributed by atoms with Gasteiger partial charge in [-0.3, -0.25) is 4.98 Å². The first-order valence-electron chi connectivity index (χ1n) is 6.32. The van der Waals surface area contributed by atoms with E-state index in [2.05, 4.69) is 35.8 Å². The normalized spacial score (nSPS) is 11.7. The van der Waals surface area contributed by atoms with Crippen LogP contribution >= 0.6 is 0 Å². The van der Waals surface area contributed by atoms with Crippen molar-refractivity contribution in [3.8, 4) is 11.1 Å². The summed E-state index contributed by atoms with van der Waals surface area (Å²) >= 11 is 0. The largest absolute Gasteiger partial charge is 0.256 e. The third kappa shape index (κ3) is 3.29. The molecule has 1 aromatic heterocycles. The molecule has 2 aromatic rings. The highest BCUT2D eigenvalue weighted by molar-refractivity contribution is 5.75. The minimum Gasteiger partial charge on any atom is -0.256 e. The molecule has 0 N–H and O–H groups in total. The van der Waals surface area contributed by atoms with Gasteiger partial charge in [0, 0.05) is 6.20 Å². The molecule has 0 atom stereocenters. The van der Waals surface area contributed by atoms with Crippen LogP contribution in [0.2, 0.25) is 0 Å². The molecule has 0 amide bonds. The third-order valence-electron chi connectivity index (χ3n) is 2.89. The first-order chi connectivity index (χ1) is 9.35. The van der Waals surface area contributed by atoms with E-state index in [1.54, 1.807) is 6.08 Å². The van der Waals surface area contributed by atoms with Gasteiger partial charge in [-0.2, -0.15) is 0 Å². The van der Waals surface area contributed by atoms with Gasteiger partial charge in [-0.15, -0.1) is 0 Å². The Balaban J connectivity index is 2.39. The van der Waals surface area contributed by atoms with Crippen molar-refractivity contribution in [1.29, 1.82) is 0 Å². The molecule has 0 aliphatic heterocycles. The van der Waals surface area contributed by atoms with Crippen LogP contribution in [0.15, 0.2) is 79.5 Å². The van der Waals surface area contributed by atoms with Crippen LogP contribution in [0.3, 0.4) is 0 Å². The summed E-state index contributed by atoms with van der Waals surface area (Å²) in [6, 6.07) is 14.5. The Hall–Kier alpha value is -2.41. The Labute approximate surface area is 114 Å². The lowest BCUT2D eigenvalue weighted by atomic mass is 10.0. The highest BCUT2D eigenvalue weighted by Crippen LogP contribution is 2.22. The predicted octanol–water partition coefficient (Wildman–Crippen LogP) is 4.89. The highest BCUT2D eigenvalue weighted by Gasteiger charge is 2.02. The molecule has 1 heterocycles. The molecular formula is C18H17N. The number of pyridine rings is 1. The van der Waals surface area contributed by atoms with Gasteiger partial charge in [-0.25, -0.2) is 0 Å². The van der Waals surface area contributed by atoms with Crippen LogP contribution < -0.4 is 0 Å². The molecule has 1 nitrogen and oxygen atoms in total. The quantitative estimate of drug-likeness (QED) is 0.701. The Bertz CT molecular complexity index is 607. The van der Waals surface area contributed by atoms with Crippen LogP contribution in [0.1, 0.15) is 12.6 Å². The smallest absolute Gasteiger partial charge is 0.0704 e. The van der Waals surface area contributed by atoms with Crippen molar-refractivity contribution in [1.82, 2.24) is 4.98 Å². The van der Waals surface area contributed by atoms with Crippen LogP contribution in [0, 0.1) is 0 Å². The minimum atomic E-state index is 0.974. The fraction of sp³-hybridized carbons (Fsp3) is 0.0556. The molecule has 1 aromatic carbocycles. The van der Waals surface area contributed by atoms with Crippen molar-refractivity contribution < 1.29 is 0 Å². The summed E-state index contributed by atoms with van der Waals surface area (Å²) in [7, 11) is 0. The van der Waals surface area contributed by atoms with Crippen molar-refractivity contribution in [3.05, 3.63) is 85.2 Å². The fourth-order valence-corrected chi connectivity index (χ4v) is 1.90. The molecule has 0 bridgehead atoms. The van der Waals surface area contributed by atoms with E-state index in [1.165, 1.54) is 11.1 Å². The number of rotatable bonds is 4. The zero-order valence-electron chi connectivity index (χ0n) is 11.1. The molecule has 0 radical (unpaired) electrons. The first kappa shape index (κ1) is 13.0. The Morgan fingerprint density at radius 1 is 1.11 bits per heavy atom. The van der Waals surface area contributed by atoms with Gasteiger partial charge in [0.25, 0.3) is 0 Å². The summed E-state index contributed by atoms with van der Waals surface area (Å²) in [5.41, 5.74) is 4.45. The molecule has 0 saturated carbocycles. The molecular weight excluding hydrogens is 230 g/mol. The maximum Gasteiger partial charge on any atom is 0.0704 e. The van der Waals surface area contributed by atoms with Crippen molar-refractivity contribution in [3.63, 3.8) is 0 Å².